The average molecular weight is 238 g/mol. The lowest BCUT2D eigenvalue weighted by atomic mass is 10.1. The molecule has 1 aromatic rings. The molecule has 4 heteroatoms. The van der Waals surface area contributed by atoms with Gasteiger partial charge in [-0.1, -0.05) is 0 Å². The fourth-order valence-electron chi connectivity index (χ4n) is 2.24. The summed E-state index contributed by atoms with van der Waals surface area (Å²) in [5.74, 6) is 1.03. The molecule has 1 aromatic heterocycles. The zero-order valence-electron chi connectivity index (χ0n) is 10.4. The first kappa shape index (κ1) is 12.6. The average Bonchev–Trinajstić information content (AvgIpc) is 2.96. The van der Waals surface area contributed by atoms with Gasteiger partial charge in [0, 0.05) is 25.6 Å². The van der Waals surface area contributed by atoms with Crippen LogP contribution in [0.5, 0.6) is 0 Å². The summed E-state index contributed by atoms with van der Waals surface area (Å²) in [7, 11) is 0. The summed E-state index contributed by atoms with van der Waals surface area (Å²) in [6.07, 6.45) is 5.43. The summed E-state index contributed by atoms with van der Waals surface area (Å²) in [5, 5.41) is 3.48. The third-order valence-electron chi connectivity index (χ3n) is 3.24. The molecular weight excluding hydrogens is 216 g/mol. The zero-order chi connectivity index (χ0) is 12.1. The summed E-state index contributed by atoms with van der Waals surface area (Å²) < 4.78 is 11.1. The fourth-order valence-corrected chi connectivity index (χ4v) is 2.24. The first-order valence-electron chi connectivity index (χ1n) is 6.39. The second-order valence-corrected chi connectivity index (χ2v) is 4.79. The Kier molecular flexibility index (Phi) is 4.59. The highest BCUT2D eigenvalue weighted by molar-refractivity contribution is 5.00. The summed E-state index contributed by atoms with van der Waals surface area (Å²) in [6, 6.07) is 4.34. The second-order valence-electron chi connectivity index (χ2n) is 4.79. The van der Waals surface area contributed by atoms with Crippen molar-refractivity contribution >= 4 is 0 Å². The summed E-state index contributed by atoms with van der Waals surface area (Å²) >= 11 is 0. The van der Waals surface area contributed by atoms with Gasteiger partial charge in [-0.25, -0.2) is 0 Å². The van der Waals surface area contributed by atoms with Gasteiger partial charge in [-0.15, -0.1) is 0 Å². The standard InChI is InChI=1S/C13H22N2O2/c1-10(7-11-3-2-6-16-11)15-9-13-5-4-12(8-14)17-13/h2-3,6,10,12-13,15H,4-5,7-9,14H2,1H3. The molecule has 0 bridgehead atoms. The van der Waals surface area contributed by atoms with Crippen LogP contribution in [-0.2, 0) is 11.2 Å². The molecule has 0 saturated carbocycles. The van der Waals surface area contributed by atoms with Crippen molar-refractivity contribution in [2.24, 2.45) is 5.73 Å². The van der Waals surface area contributed by atoms with Crippen LogP contribution in [0.3, 0.4) is 0 Å². The number of ether oxygens (including phenoxy) is 1. The minimum atomic E-state index is 0.266. The topological polar surface area (TPSA) is 60.4 Å². The van der Waals surface area contributed by atoms with Crippen LogP contribution in [0.25, 0.3) is 0 Å². The SMILES string of the molecule is CC(Cc1ccco1)NCC1CCC(CN)O1. The second kappa shape index (κ2) is 6.19. The van der Waals surface area contributed by atoms with Crippen LogP contribution in [0.1, 0.15) is 25.5 Å². The van der Waals surface area contributed by atoms with Gasteiger partial charge >= 0.3 is 0 Å². The van der Waals surface area contributed by atoms with Crippen LogP contribution >= 0.6 is 0 Å². The van der Waals surface area contributed by atoms with Crippen molar-refractivity contribution in [1.82, 2.24) is 5.32 Å². The summed E-state index contributed by atoms with van der Waals surface area (Å²) in [4.78, 5) is 0. The van der Waals surface area contributed by atoms with Gasteiger partial charge in [-0.3, -0.25) is 0 Å². The molecule has 17 heavy (non-hydrogen) atoms. The van der Waals surface area contributed by atoms with Crippen molar-refractivity contribution < 1.29 is 9.15 Å². The summed E-state index contributed by atoms with van der Waals surface area (Å²) in [5.41, 5.74) is 5.58. The Morgan fingerprint density at radius 3 is 2.94 bits per heavy atom. The van der Waals surface area contributed by atoms with Crippen LogP contribution in [-0.4, -0.2) is 31.3 Å². The van der Waals surface area contributed by atoms with E-state index in [1.54, 1.807) is 6.26 Å². The summed E-state index contributed by atoms with van der Waals surface area (Å²) in [6.45, 7) is 3.70. The number of hydrogen-bond donors (Lipinski definition) is 2. The molecular formula is C13H22N2O2. The maximum Gasteiger partial charge on any atom is 0.105 e. The van der Waals surface area contributed by atoms with E-state index in [4.69, 9.17) is 14.9 Å². The molecule has 2 heterocycles. The molecule has 3 N–H and O–H groups in total. The molecule has 0 aromatic carbocycles. The molecule has 0 amide bonds. The van der Waals surface area contributed by atoms with E-state index in [9.17, 15) is 0 Å². The maximum atomic E-state index is 5.79. The minimum absolute atomic E-state index is 0.266. The third kappa shape index (κ3) is 3.84. The van der Waals surface area contributed by atoms with Gasteiger partial charge < -0.3 is 20.2 Å². The van der Waals surface area contributed by atoms with Gasteiger partial charge in [0.2, 0.25) is 0 Å². The lowest BCUT2D eigenvalue weighted by molar-refractivity contribution is 0.0491. The maximum absolute atomic E-state index is 5.79. The van der Waals surface area contributed by atoms with Crippen molar-refractivity contribution in [3.05, 3.63) is 24.2 Å². The Bertz CT molecular complexity index is 313. The highest BCUT2D eigenvalue weighted by Gasteiger charge is 2.24. The molecule has 1 aliphatic heterocycles. The Hall–Kier alpha value is -0.840. The normalized spacial score (nSPS) is 26.2. The van der Waals surface area contributed by atoms with Gasteiger partial charge in [0.1, 0.15) is 5.76 Å². The van der Waals surface area contributed by atoms with Crippen LogP contribution in [0.2, 0.25) is 0 Å². The van der Waals surface area contributed by atoms with Crippen LogP contribution in [0.4, 0.5) is 0 Å². The molecule has 1 saturated heterocycles. The van der Waals surface area contributed by atoms with E-state index in [0.29, 0.717) is 18.7 Å². The van der Waals surface area contributed by atoms with Gasteiger partial charge in [0.15, 0.2) is 0 Å². The highest BCUT2D eigenvalue weighted by atomic mass is 16.5. The van der Waals surface area contributed by atoms with Gasteiger partial charge in [0.05, 0.1) is 18.5 Å². The molecule has 0 aliphatic carbocycles. The van der Waals surface area contributed by atoms with E-state index in [1.807, 2.05) is 12.1 Å². The minimum Gasteiger partial charge on any atom is -0.469 e. The predicted octanol–water partition coefficient (Wildman–Crippen LogP) is 1.31. The third-order valence-corrected chi connectivity index (χ3v) is 3.24. The van der Waals surface area contributed by atoms with Crippen molar-refractivity contribution in [2.75, 3.05) is 13.1 Å². The van der Waals surface area contributed by atoms with E-state index in [1.165, 1.54) is 0 Å². The van der Waals surface area contributed by atoms with Gasteiger partial charge in [-0.05, 0) is 31.9 Å². The van der Waals surface area contributed by atoms with Crippen molar-refractivity contribution in [3.8, 4) is 0 Å². The van der Waals surface area contributed by atoms with E-state index in [2.05, 4.69) is 12.2 Å². The molecule has 0 radical (unpaired) electrons. The first-order chi connectivity index (χ1) is 8.28. The number of rotatable bonds is 6. The number of nitrogens with two attached hydrogens (primary N) is 1. The first-order valence-corrected chi connectivity index (χ1v) is 6.39. The Labute approximate surface area is 103 Å². The van der Waals surface area contributed by atoms with Crippen LogP contribution < -0.4 is 11.1 Å². The Morgan fingerprint density at radius 2 is 2.29 bits per heavy atom. The van der Waals surface area contributed by atoms with Crippen molar-refractivity contribution in [1.29, 1.82) is 0 Å². The van der Waals surface area contributed by atoms with Crippen LogP contribution in [0.15, 0.2) is 22.8 Å². The molecule has 0 spiro atoms. The Balaban J connectivity index is 1.65. The number of nitrogens with one attached hydrogen (secondary N) is 1. The van der Waals surface area contributed by atoms with Crippen molar-refractivity contribution in [2.45, 2.75) is 44.4 Å². The molecule has 3 unspecified atom stereocenters. The molecule has 3 atom stereocenters. The fraction of sp³-hybridized carbons (Fsp3) is 0.692. The monoisotopic (exact) mass is 238 g/mol. The molecule has 2 rings (SSSR count). The molecule has 1 fully saturated rings. The van der Waals surface area contributed by atoms with E-state index >= 15 is 0 Å². The van der Waals surface area contributed by atoms with E-state index in [-0.39, 0.29) is 6.10 Å². The van der Waals surface area contributed by atoms with Gasteiger partial charge in [0.25, 0.3) is 0 Å². The molecule has 96 valence electrons. The van der Waals surface area contributed by atoms with E-state index < -0.39 is 0 Å². The largest absolute Gasteiger partial charge is 0.469 e. The van der Waals surface area contributed by atoms with E-state index in [0.717, 1.165) is 31.6 Å². The smallest absolute Gasteiger partial charge is 0.105 e. The Morgan fingerprint density at radius 1 is 1.47 bits per heavy atom. The van der Waals surface area contributed by atoms with Gasteiger partial charge in [-0.2, -0.15) is 0 Å². The van der Waals surface area contributed by atoms with Crippen molar-refractivity contribution in [3.63, 3.8) is 0 Å². The molecule has 1 aliphatic rings. The lowest BCUT2D eigenvalue weighted by Gasteiger charge is -2.17. The zero-order valence-corrected chi connectivity index (χ0v) is 10.4. The quantitative estimate of drug-likeness (QED) is 0.784. The number of hydrogen-bond acceptors (Lipinski definition) is 4. The molecule has 4 nitrogen and oxygen atoms in total. The predicted molar refractivity (Wildman–Crippen MR) is 66.8 cm³/mol. The van der Waals surface area contributed by atoms with Crippen LogP contribution in [0, 0.1) is 0 Å². The number of furan rings is 1. The highest BCUT2D eigenvalue weighted by Crippen LogP contribution is 2.18. The lowest BCUT2D eigenvalue weighted by Crippen LogP contribution is -2.35.